The van der Waals surface area contributed by atoms with Crippen LogP contribution in [0.3, 0.4) is 0 Å². The molecule has 0 aliphatic heterocycles. The van der Waals surface area contributed by atoms with Crippen molar-refractivity contribution in [3.63, 3.8) is 0 Å². The van der Waals surface area contributed by atoms with Gasteiger partial charge in [0.15, 0.2) is 0 Å². The second kappa shape index (κ2) is 9.01. The van der Waals surface area contributed by atoms with Crippen LogP contribution in [0.5, 0.6) is 0 Å². The zero-order chi connectivity index (χ0) is 15.0. The Morgan fingerprint density at radius 2 is 1.15 bits per heavy atom. The van der Waals surface area contributed by atoms with Crippen molar-refractivity contribution in [1.29, 1.82) is 0 Å². The molecule has 0 aromatic carbocycles. The van der Waals surface area contributed by atoms with Gasteiger partial charge in [-0.05, 0) is 46.0 Å². The third-order valence-corrected chi connectivity index (χ3v) is 4.76. The van der Waals surface area contributed by atoms with Crippen LogP contribution in [-0.4, -0.2) is 33.1 Å². The van der Waals surface area contributed by atoms with E-state index < -0.39 is 5.60 Å². The maximum absolute atomic E-state index is 10.1. The number of aliphatic hydroxyl groups is 1. The Bertz CT molecular complexity index is 220. The van der Waals surface area contributed by atoms with Crippen molar-refractivity contribution in [2.24, 2.45) is 0 Å². The van der Waals surface area contributed by atoms with Crippen LogP contribution in [0, 0.1) is 0 Å². The summed E-state index contributed by atoms with van der Waals surface area (Å²) >= 11 is 0. The van der Waals surface area contributed by atoms with E-state index in [0.717, 1.165) is 6.42 Å². The van der Waals surface area contributed by atoms with Gasteiger partial charge >= 0.3 is 0 Å². The number of nitrogens with zero attached hydrogens (tertiary/aromatic N) is 1. The average molecular weight is 285 g/mol. The third-order valence-electron chi connectivity index (χ3n) is 4.76. The monoisotopic (exact) mass is 285 g/mol. The standard InChI is InChI=1S/C12H23NO.C5H12O/c14-13(11-7-3-1-4-8-11)12-9-5-2-6-10-12;1-4-5(2,3)6/h11-12,14H,1-10H2;6H,4H2,1-3H3. The van der Waals surface area contributed by atoms with Crippen molar-refractivity contribution in [2.75, 3.05) is 0 Å². The molecule has 0 aromatic rings. The number of hydroxylamine groups is 2. The van der Waals surface area contributed by atoms with Gasteiger partial charge in [-0.3, -0.25) is 0 Å². The first-order chi connectivity index (χ1) is 9.44. The molecule has 3 heteroatoms. The zero-order valence-electron chi connectivity index (χ0n) is 13.8. The molecule has 3 nitrogen and oxygen atoms in total. The smallest absolute Gasteiger partial charge is 0.0589 e. The lowest BCUT2D eigenvalue weighted by atomic mass is 9.90. The summed E-state index contributed by atoms with van der Waals surface area (Å²) in [6, 6.07) is 0.957. The molecular formula is C17H35NO2. The average Bonchev–Trinajstić information content (AvgIpc) is 2.48. The van der Waals surface area contributed by atoms with Gasteiger partial charge in [-0.2, -0.15) is 5.06 Å². The summed E-state index contributed by atoms with van der Waals surface area (Å²) in [5.41, 5.74) is -0.458. The van der Waals surface area contributed by atoms with E-state index in [1.807, 2.05) is 6.92 Å². The fourth-order valence-corrected chi connectivity index (χ4v) is 2.99. The SMILES string of the molecule is CCC(C)(C)O.ON(C1CCCCC1)C1CCCCC1. The summed E-state index contributed by atoms with van der Waals surface area (Å²) in [5.74, 6) is 0. The van der Waals surface area contributed by atoms with Gasteiger partial charge in [-0.15, -0.1) is 0 Å². The van der Waals surface area contributed by atoms with E-state index in [0.29, 0.717) is 12.1 Å². The van der Waals surface area contributed by atoms with Gasteiger partial charge in [0, 0.05) is 12.1 Å². The van der Waals surface area contributed by atoms with E-state index in [1.54, 1.807) is 18.9 Å². The van der Waals surface area contributed by atoms with E-state index in [-0.39, 0.29) is 0 Å². The van der Waals surface area contributed by atoms with Crippen molar-refractivity contribution in [3.8, 4) is 0 Å². The van der Waals surface area contributed by atoms with E-state index in [2.05, 4.69) is 0 Å². The summed E-state index contributed by atoms with van der Waals surface area (Å²) in [5, 5.41) is 20.7. The molecule has 20 heavy (non-hydrogen) atoms. The molecule has 2 aliphatic carbocycles. The highest BCUT2D eigenvalue weighted by atomic mass is 16.5. The maximum atomic E-state index is 10.1. The van der Waals surface area contributed by atoms with Crippen molar-refractivity contribution >= 4 is 0 Å². The van der Waals surface area contributed by atoms with Crippen LogP contribution in [0.2, 0.25) is 0 Å². The third kappa shape index (κ3) is 7.05. The lowest BCUT2D eigenvalue weighted by molar-refractivity contribution is -0.173. The van der Waals surface area contributed by atoms with Crippen LogP contribution in [0.25, 0.3) is 0 Å². The van der Waals surface area contributed by atoms with Crippen molar-refractivity contribution < 1.29 is 10.3 Å². The highest BCUT2D eigenvalue weighted by Crippen LogP contribution is 2.28. The first-order valence-corrected chi connectivity index (χ1v) is 8.63. The molecule has 0 radical (unpaired) electrons. The van der Waals surface area contributed by atoms with Crippen LogP contribution in [0.4, 0.5) is 0 Å². The van der Waals surface area contributed by atoms with Crippen molar-refractivity contribution in [1.82, 2.24) is 5.06 Å². The first-order valence-electron chi connectivity index (χ1n) is 8.63. The fraction of sp³-hybridized carbons (Fsp3) is 1.00. The van der Waals surface area contributed by atoms with Crippen LogP contribution in [0.15, 0.2) is 0 Å². The minimum Gasteiger partial charge on any atom is -0.390 e. The summed E-state index contributed by atoms with van der Waals surface area (Å²) in [6.07, 6.45) is 13.7. The predicted molar refractivity (Wildman–Crippen MR) is 84.0 cm³/mol. The Kier molecular flexibility index (Phi) is 8.08. The molecule has 0 bridgehead atoms. The van der Waals surface area contributed by atoms with Crippen molar-refractivity contribution in [3.05, 3.63) is 0 Å². The van der Waals surface area contributed by atoms with Gasteiger partial charge in [-0.25, -0.2) is 0 Å². The first kappa shape index (κ1) is 17.9. The lowest BCUT2D eigenvalue weighted by Crippen LogP contribution is -2.42. The van der Waals surface area contributed by atoms with E-state index in [1.165, 1.54) is 64.2 Å². The molecule has 0 spiro atoms. The number of hydrogen-bond acceptors (Lipinski definition) is 3. The highest BCUT2D eigenvalue weighted by molar-refractivity contribution is 4.78. The van der Waals surface area contributed by atoms with Gasteiger partial charge in [0.05, 0.1) is 5.60 Å². The molecule has 0 amide bonds. The fourth-order valence-electron chi connectivity index (χ4n) is 2.99. The molecule has 2 aliphatic rings. The molecule has 2 N–H and O–H groups in total. The molecule has 2 saturated carbocycles. The van der Waals surface area contributed by atoms with Gasteiger partial charge in [-0.1, -0.05) is 45.4 Å². The second-order valence-corrected chi connectivity index (χ2v) is 7.13. The molecule has 0 saturated heterocycles. The summed E-state index contributed by atoms with van der Waals surface area (Å²) < 4.78 is 0. The quantitative estimate of drug-likeness (QED) is 0.750. The Hall–Kier alpha value is -0.120. The van der Waals surface area contributed by atoms with Crippen molar-refractivity contribution in [2.45, 2.75) is 109 Å². The molecule has 0 atom stereocenters. The van der Waals surface area contributed by atoms with E-state index in [9.17, 15) is 5.21 Å². The largest absolute Gasteiger partial charge is 0.390 e. The van der Waals surface area contributed by atoms with Crippen LogP contribution in [-0.2, 0) is 0 Å². The van der Waals surface area contributed by atoms with E-state index >= 15 is 0 Å². The topological polar surface area (TPSA) is 43.7 Å². The predicted octanol–water partition coefficient (Wildman–Crippen LogP) is 4.51. The normalized spacial score (nSPS) is 22.5. The second-order valence-electron chi connectivity index (χ2n) is 7.13. The molecule has 0 unspecified atom stereocenters. The number of rotatable bonds is 3. The molecule has 2 rings (SSSR count). The summed E-state index contributed by atoms with van der Waals surface area (Å²) in [7, 11) is 0. The zero-order valence-corrected chi connectivity index (χ0v) is 13.8. The maximum Gasteiger partial charge on any atom is 0.0589 e. The number of hydrogen-bond donors (Lipinski definition) is 2. The van der Waals surface area contributed by atoms with Gasteiger partial charge in [0.1, 0.15) is 0 Å². The lowest BCUT2D eigenvalue weighted by Gasteiger charge is -2.36. The molecular weight excluding hydrogens is 250 g/mol. The van der Waals surface area contributed by atoms with E-state index in [4.69, 9.17) is 5.11 Å². The molecule has 2 fully saturated rings. The summed E-state index contributed by atoms with van der Waals surface area (Å²) in [6.45, 7) is 5.56. The minimum absolute atomic E-state index is 0.458. The van der Waals surface area contributed by atoms with Gasteiger partial charge in [0.25, 0.3) is 0 Å². The van der Waals surface area contributed by atoms with Gasteiger partial charge in [0.2, 0.25) is 0 Å². The minimum atomic E-state index is -0.458. The Labute approximate surface area is 125 Å². The van der Waals surface area contributed by atoms with Gasteiger partial charge < -0.3 is 10.3 Å². The Balaban J connectivity index is 0.000000286. The van der Waals surface area contributed by atoms with Crippen LogP contribution >= 0.6 is 0 Å². The highest BCUT2D eigenvalue weighted by Gasteiger charge is 2.27. The Morgan fingerprint density at radius 1 is 0.850 bits per heavy atom. The molecule has 0 heterocycles. The van der Waals surface area contributed by atoms with Crippen LogP contribution in [0.1, 0.15) is 91.4 Å². The summed E-state index contributed by atoms with van der Waals surface area (Å²) in [4.78, 5) is 0. The molecule has 120 valence electrons. The van der Waals surface area contributed by atoms with Crippen LogP contribution < -0.4 is 0 Å². The molecule has 0 aromatic heterocycles. The Morgan fingerprint density at radius 3 is 1.40 bits per heavy atom.